The Morgan fingerprint density at radius 1 is 1.38 bits per heavy atom. The van der Waals surface area contributed by atoms with Gasteiger partial charge in [0.15, 0.2) is 0 Å². The van der Waals surface area contributed by atoms with Crippen LogP contribution >= 0.6 is 0 Å². The van der Waals surface area contributed by atoms with Crippen LogP contribution in [0.4, 0.5) is 13.6 Å². The summed E-state index contributed by atoms with van der Waals surface area (Å²) in [5.74, 6) is -2.72. The molecule has 0 radical (unpaired) electrons. The molecular formula is C11H17F2NO2. The zero-order valence-electron chi connectivity index (χ0n) is 9.85. The van der Waals surface area contributed by atoms with Gasteiger partial charge in [-0.2, -0.15) is 0 Å². The van der Waals surface area contributed by atoms with Crippen molar-refractivity contribution in [3.63, 3.8) is 0 Å². The summed E-state index contributed by atoms with van der Waals surface area (Å²) in [6.07, 6.45) is 0.204. The first-order chi connectivity index (χ1) is 7.18. The first-order valence-corrected chi connectivity index (χ1v) is 5.56. The van der Waals surface area contributed by atoms with Crippen LogP contribution in [0.3, 0.4) is 0 Å². The third kappa shape index (κ3) is 1.66. The minimum atomic E-state index is -2.72. The lowest BCUT2D eigenvalue weighted by Crippen LogP contribution is -2.43. The normalized spacial score (nSPS) is 31.9. The Balaban J connectivity index is 2.08. The molecule has 3 nitrogen and oxygen atoms in total. The zero-order chi connectivity index (χ0) is 12.2. The van der Waals surface area contributed by atoms with Crippen LogP contribution in [0.15, 0.2) is 0 Å². The number of amides is 1. The van der Waals surface area contributed by atoms with E-state index in [0.717, 1.165) is 0 Å². The summed E-state index contributed by atoms with van der Waals surface area (Å²) >= 11 is 0. The van der Waals surface area contributed by atoms with Gasteiger partial charge in [0.05, 0.1) is 0 Å². The van der Waals surface area contributed by atoms with E-state index in [9.17, 15) is 13.6 Å². The molecule has 1 aliphatic carbocycles. The van der Waals surface area contributed by atoms with Crippen molar-refractivity contribution in [3.8, 4) is 0 Å². The lowest BCUT2D eigenvalue weighted by Gasteiger charge is -2.28. The van der Waals surface area contributed by atoms with Gasteiger partial charge < -0.3 is 4.74 Å². The Hall–Kier alpha value is -0.870. The second-order valence-electron chi connectivity index (χ2n) is 5.65. The van der Waals surface area contributed by atoms with Crippen LogP contribution in [-0.4, -0.2) is 34.6 Å². The molecule has 0 aromatic carbocycles. The number of hydrogen-bond acceptors (Lipinski definition) is 2. The summed E-state index contributed by atoms with van der Waals surface area (Å²) in [5.41, 5.74) is -1.86. The molecule has 16 heavy (non-hydrogen) atoms. The van der Waals surface area contributed by atoms with Gasteiger partial charge in [0, 0.05) is 13.0 Å². The molecule has 1 atom stereocenters. The minimum Gasteiger partial charge on any atom is -0.444 e. The van der Waals surface area contributed by atoms with Gasteiger partial charge in [-0.25, -0.2) is 13.6 Å². The summed E-state index contributed by atoms with van der Waals surface area (Å²) in [6.45, 7) is 5.58. The van der Waals surface area contributed by atoms with Crippen molar-refractivity contribution in [2.45, 2.75) is 57.1 Å². The third-order valence-electron chi connectivity index (χ3n) is 3.17. The summed E-state index contributed by atoms with van der Waals surface area (Å²) in [6, 6.07) is 0. The molecule has 1 heterocycles. The molecule has 5 heteroatoms. The number of carbonyl (C=O) groups excluding carboxylic acids is 1. The standard InChI is InChI=1S/C11H17F2NO2/c1-9(2,3)16-8(15)14-6-4-5-10(14)7-11(10,12)13/h4-7H2,1-3H3. The Morgan fingerprint density at radius 2 is 1.94 bits per heavy atom. The molecule has 1 aliphatic heterocycles. The highest BCUT2D eigenvalue weighted by Gasteiger charge is 2.76. The molecule has 1 saturated heterocycles. The average molecular weight is 233 g/mol. The van der Waals surface area contributed by atoms with Crippen molar-refractivity contribution in [2.75, 3.05) is 6.54 Å². The quantitative estimate of drug-likeness (QED) is 0.644. The highest BCUT2D eigenvalue weighted by atomic mass is 19.3. The average Bonchev–Trinajstić information content (AvgIpc) is 2.48. The van der Waals surface area contributed by atoms with Gasteiger partial charge in [-0.15, -0.1) is 0 Å². The number of halogens is 2. The van der Waals surface area contributed by atoms with Crippen molar-refractivity contribution < 1.29 is 18.3 Å². The summed E-state index contributed by atoms with van der Waals surface area (Å²) in [4.78, 5) is 13.0. The number of rotatable bonds is 0. The Morgan fingerprint density at radius 3 is 2.38 bits per heavy atom. The first kappa shape index (κ1) is 11.6. The largest absolute Gasteiger partial charge is 0.444 e. The van der Waals surface area contributed by atoms with Crippen molar-refractivity contribution in [1.82, 2.24) is 4.90 Å². The lowest BCUT2D eigenvalue weighted by atomic mass is 10.2. The van der Waals surface area contributed by atoms with E-state index >= 15 is 0 Å². The number of nitrogens with zero attached hydrogens (tertiary/aromatic N) is 1. The van der Waals surface area contributed by atoms with Gasteiger partial charge in [0.2, 0.25) is 0 Å². The maximum absolute atomic E-state index is 13.3. The monoisotopic (exact) mass is 233 g/mol. The van der Waals surface area contributed by atoms with Crippen molar-refractivity contribution >= 4 is 6.09 Å². The van der Waals surface area contributed by atoms with Crippen LogP contribution < -0.4 is 0 Å². The van der Waals surface area contributed by atoms with Crippen LogP contribution in [0, 0.1) is 0 Å². The van der Waals surface area contributed by atoms with E-state index in [0.29, 0.717) is 19.4 Å². The molecule has 2 rings (SSSR count). The molecule has 2 fully saturated rings. The van der Waals surface area contributed by atoms with Gasteiger partial charge in [-0.1, -0.05) is 0 Å². The minimum absolute atomic E-state index is 0.209. The van der Waals surface area contributed by atoms with Crippen LogP contribution in [0.1, 0.15) is 40.0 Å². The number of ether oxygens (including phenoxy) is 1. The van der Waals surface area contributed by atoms with E-state index in [1.54, 1.807) is 20.8 Å². The Bertz CT molecular complexity index is 320. The van der Waals surface area contributed by atoms with Crippen molar-refractivity contribution in [2.24, 2.45) is 0 Å². The first-order valence-electron chi connectivity index (χ1n) is 5.56. The van der Waals surface area contributed by atoms with Gasteiger partial charge in [-0.05, 0) is 33.6 Å². The fourth-order valence-electron chi connectivity index (χ4n) is 2.35. The zero-order valence-corrected chi connectivity index (χ0v) is 9.85. The fraction of sp³-hybridized carbons (Fsp3) is 0.909. The van der Waals surface area contributed by atoms with Gasteiger partial charge in [0.1, 0.15) is 11.1 Å². The lowest BCUT2D eigenvalue weighted by molar-refractivity contribution is -0.00250. The Labute approximate surface area is 93.7 Å². The maximum atomic E-state index is 13.3. The van der Waals surface area contributed by atoms with E-state index in [1.807, 2.05) is 0 Å². The topological polar surface area (TPSA) is 29.5 Å². The molecule has 1 spiro atoms. The smallest absolute Gasteiger partial charge is 0.410 e. The molecule has 1 saturated carbocycles. The summed E-state index contributed by atoms with van der Waals surface area (Å²) in [5, 5.41) is 0. The molecule has 0 aromatic heterocycles. The van der Waals surface area contributed by atoms with E-state index in [2.05, 4.69) is 0 Å². The SMILES string of the molecule is CC(C)(C)OC(=O)N1CCCC12CC2(F)F. The molecule has 0 N–H and O–H groups in total. The van der Waals surface area contributed by atoms with Crippen LogP contribution in [0.2, 0.25) is 0 Å². The van der Waals surface area contributed by atoms with Gasteiger partial charge in [0.25, 0.3) is 5.92 Å². The number of likely N-dealkylation sites (tertiary alicyclic amines) is 1. The highest BCUT2D eigenvalue weighted by molar-refractivity contribution is 5.71. The van der Waals surface area contributed by atoms with E-state index in [-0.39, 0.29) is 6.42 Å². The predicted octanol–water partition coefficient (Wildman–Crippen LogP) is 2.80. The second kappa shape index (κ2) is 3.08. The molecule has 0 aromatic rings. The van der Waals surface area contributed by atoms with Gasteiger partial charge >= 0.3 is 6.09 Å². The van der Waals surface area contributed by atoms with E-state index in [4.69, 9.17) is 4.74 Å². The van der Waals surface area contributed by atoms with Crippen molar-refractivity contribution in [1.29, 1.82) is 0 Å². The third-order valence-corrected chi connectivity index (χ3v) is 3.17. The Kier molecular flexibility index (Phi) is 2.23. The molecular weight excluding hydrogens is 216 g/mol. The molecule has 92 valence electrons. The van der Waals surface area contributed by atoms with Gasteiger partial charge in [-0.3, -0.25) is 4.90 Å². The second-order valence-corrected chi connectivity index (χ2v) is 5.65. The van der Waals surface area contributed by atoms with E-state index in [1.165, 1.54) is 4.90 Å². The summed E-state index contributed by atoms with van der Waals surface area (Å²) < 4.78 is 31.7. The van der Waals surface area contributed by atoms with Crippen LogP contribution in [0.25, 0.3) is 0 Å². The number of alkyl halides is 2. The fourth-order valence-corrected chi connectivity index (χ4v) is 2.35. The molecule has 2 aliphatic rings. The van der Waals surface area contributed by atoms with Crippen LogP contribution in [-0.2, 0) is 4.74 Å². The number of hydrogen-bond donors (Lipinski definition) is 0. The maximum Gasteiger partial charge on any atom is 0.410 e. The highest BCUT2D eigenvalue weighted by Crippen LogP contribution is 2.61. The van der Waals surface area contributed by atoms with E-state index < -0.39 is 23.2 Å². The summed E-state index contributed by atoms with van der Waals surface area (Å²) in [7, 11) is 0. The molecule has 1 amide bonds. The molecule has 0 bridgehead atoms. The van der Waals surface area contributed by atoms with Crippen LogP contribution in [0.5, 0.6) is 0 Å². The predicted molar refractivity (Wildman–Crippen MR) is 54.5 cm³/mol. The number of carbonyl (C=O) groups is 1. The van der Waals surface area contributed by atoms with Crippen molar-refractivity contribution in [3.05, 3.63) is 0 Å². The molecule has 1 unspecified atom stereocenters.